The Morgan fingerprint density at radius 1 is 1.07 bits per heavy atom. The highest BCUT2D eigenvalue weighted by Gasteiger charge is 2.21. The molecule has 0 aliphatic carbocycles. The van der Waals surface area contributed by atoms with Crippen LogP contribution in [0.4, 0.5) is 0 Å². The van der Waals surface area contributed by atoms with Gasteiger partial charge in [0.25, 0.3) is 0 Å². The lowest BCUT2D eigenvalue weighted by atomic mass is 9.87. The van der Waals surface area contributed by atoms with Crippen LogP contribution >= 0.6 is 11.6 Å². The highest BCUT2D eigenvalue weighted by molar-refractivity contribution is 6.21. The monoisotopic (exact) mass is 218 g/mol. The molecule has 0 bridgehead atoms. The summed E-state index contributed by atoms with van der Waals surface area (Å²) in [7, 11) is 0. The van der Waals surface area contributed by atoms with E-state index in [1.807, 2.05) is 0 Å². The SMILES string of the molecule is CCCC(C)CCCC(Cl)C(C)(C)C. The summed E-state index contributed by atoms with van der Waals surface area (Å²) < 4.78 is 0. The highest BCUT2D eigenvalue weighted by atomic mass is 35.5. The van der Waals surface area contributed by atoms with Crippen molar-refractivity contribution in [1.29, 1.82) is 0 Å². The van der Waals surface area contributed by atoms with E-state index in [4.69, 9.17) is 11.6 Å². The topological polar surface area (TPSA) is 0 Å². The third kappa shape index (κ3) is 6.70. The molecule has 0 aliphatic rings. The van der Waals surface area contributed by atoms with Gasteiger partial charge in [0.05, 0.1) is 0 Å². The smallest absolute Gasteiger partial charge is 0.0384 e. The average Bonchev–Trinajstić information content (AvgIpc) is 2.02. The fourth-order valence-corrected chi connectivity index (χ4v) is 1.87. The van der Waals surface area contributed by atoms with Gasteiger partial charge in [0.1, 0.15) is 0 Å². The molecular formula is C13H27Cl. The van der Waals surface area contributed by atoms with Crippen molar-refractivity contribution >= 4 is 11.6 Å². The largest absolute Gasteiger partial charge is 0.122 e. The molecule has 0 amide bonds. The molecule has 0 aromatic carbocycles. The van der Waals surface area contributed by atoms with Crippen LogP contribution in [0, 0.1) is 11.3 Å². The van der Waals surface area contributed by atoms with E-state index >= 15 is 0 Å². The number of hydrogen-bond donors (Lipinski definition) is 0. The molecule has 1 heteroatoms. The molecule has 0 N–H and O–H groups in total. The molecule has 0 nitrogen and oxygen atoms in total. The van der Waals surface area contributed by atoms with Crippen LogP contribution in [-0.2, 0) is 0 Å². The summed E-state index contributed by atoms with van der Waals surface area (Å²) in [5.41, 5.74) is 0.259. The van der Waals surface area contributed by atoms with E-state index < -0.39 is 0 Å². The average molecular weight is 219 g/mol. The molecule has 0 heterocycles. The van der Waals surface area contributed by atoms with Crippen LogP contribution in [0.25, 0.3) is 0 Å². The van der Waals surface area contributed by atoms with Crippen LogP contribution in [-0.4, -0.2) is 5.38 Å². The molecule has 2 unspecified atom stereocenters. The molecular weight excluding hydrogens is 192 g/mol. The maximum Gasteiger partial charge on any atom is 0.0384 e. The van der Waals surface area contributed by atoms with Crippen molar-refractivity contribution in [2.75, 3.05) is 0 Å². The van der Waals surface area contributed by atoms with E-state index in [1.165, 1.54) is 32.1 Å². The molecule has 0 aliphatic heterocycles. The molecule has 2 atom stereocenters. The summed E-state index contributed by atoms with van der Waals surface area (Å²) in [5, 5.41) is 0.330. The summed E-state index contributed by atoms with van der Waals surface area (Å²) >= 11 is 6.32. The first kappa shape index (κ1) is 14.3. The number of rotatable bonds is 6. The Kier molecular flexibility index (Phi) is 6.85. The number of hydrogen-bond acceptors (Lipinski definition) is 0. The van der Waals surface area contributed by atoms with Crippen LogP contribution in [0.3, 0.4) is 0 Å². The van der Waals surface area contributed by atoms with Crippen LogP contribution < -0.4 is 0 Å². The zero-order valence-corrected chi connectivity index (χ0v) is 11.3. The molecule has 0 aromatic rings. The van der Waals surface area contributed by atoms with Gasteiger partial charge in [0.2, 0.25) is 0 Å². The molecule has 86 valence electrons. The fourth-order valence-electron chi connectivity index (χ4n) is 1.72. The third-order valence-electron chi connectivity index (χ3n) is 2.88. The van der Waals surface area contributed by atoms with Crippen LogP contribution in [0.15, 0.2) is 0 Å². The van der Waals surface area contributed by atoms with Crippen LogP contribution in [0.5, 0.6) is 0 Å². The zero-order chi connectivity index (χ0) is 11.2. The number of halogens is 1. The van der Waals surface area contributed by atoms with Gasteiger partial charge in [-0.2, -0.15) is 0 Å². The summed E-state index contributed by atoms with van der Waals surface area (Å²) in [6.07, 6.45) is 6.46. The van der Waals surface area contributed by atoms with E-state index in [9.17, 15) is 0 Å². The summed E-state index contributed by atoms with van der Waals surface area (Å²) in [6.45, 7) is 11.3. The molecule has 0 fully saturated rings. The van der Waals surface area contributed by atoms with Gasteiger partial charge in [0, 0.05) is 5.38 Å². The van der Waals surface area contributed by atoms with Gasteiger partial charge in [-0.05, 0) is 17.8 Å². The zero-order valence-electron chi connectivity index (χ0n) is 10.6. The van der Waals surface area contributed by atoms with Gasteiger partial charge in [-0.25, -0.2) is 0 Å². The van der Waals surface area contributed by atoms with Crippen molar-refractivity contribution < 1.29 is 0 Å². The normalized spacial score (nSPS) is 16.7. The molecule has 0 radical (unpaired) electrons. The maximum atomic E-state index is 6.32. The molecule has 0 spiro atoms. The summed E-state index contributed by atoms with van der Waals surface area (Å²) in [6, 6.07) is 0. The van der Waals surface area contributed by atoms with E-state index in [1.54, 1.807) is 0 Å². The Bertz CT molecular complexity index is 135. The van der Waals surface area contributed by atoms with E-state index in [0.717, 1.165) is 5.92 Å². The Balaban J connectivity index is 3.54. The van der Waals surface area contributed by atoms with Gasteiger partial charge >= 0.3 is 0 Å². The van der Waals surface area contributed by atoms with Crippen molar-refractivity contribution in [1.82, 2.24) is 0 Å². The predicted molar refractivity (Wildman–Crippen MR) is 67.0 cm³/mol. The van der Waals surface area contributed by atoms with E-state index in [-0.39, 0.29) is 5.41 Å². The van der Waals surface area contributed by atoms with Gasteiger partial charge in [0.15, 0.2) is 0 Å². The standard InChI is InChI=1S/C13H27Cl/c1-6-8-11(2)9-7-10-12(14)13(3,4)5/h11-12H,6-10H2,1-5H3. The molecule has 0 rings (SSSR count). The molecule has 0 aromatic heterocycles. The lowest BCUT2D eigenvalue weighted by molar-refractivity contribution is 0.354. The minimum atomic E-state index is 0.259. The van der Waals surface area contributed by atoms with Crippen molar-refractivity contribution in [2.24, 2.45) is 11.3 Å². The first-order valence-electron chi connectivity index (χ1n) is 6.02. The lowest BCUT2D eigenvalue weighted by Crippen LogP contribution is -2.20. The lowest BCUT2D eigenvalue weighted by Gasteiger charge is -2.25. The Morgan fingerprint density at radius 3 is 2.07 bits per heavy atom. The van der Waals surface area contributed by atoms with Crippen molar-refractivity contribution in [3.05, 3.63) is 0 Å². The predicted octanol–water partition coefficient (Wildman–Crippen LogP) is 5.25. The first-order chi connectivity index (χ1) is 6.38. The number of alkyl halides is 1. The Hall–Kier alpha value is 0.290. The first-order valence-corrected chi connectivity index (χ1v) is 6.45. The minimum absolute atomic E-state index is 0.259. The van der Waals surface area contributed by atoms with Crippen molar-refractivity contribution in [3.8, 4) is 0 Å². The Labute approximate surface area is 95.4 Å². The minimum Gasteiger partial charge on any atom is -0.122 e. The highest BCUT2D eigenvalue weighted by Crippen LogP contribution is 2.29. The van der Waals surface area contributed by atoms with E-state index in [2.05, 4.69) is 34.6 Å². The quantitative estimate of drug-likeness (QED) is 0.535. The summed E-state index contributed by atoms with van der Waals surface area (Å²) in [4.78, 5) is 0. The van der Waals surface area contributed by atoms with Gasteiger partial charge < -0.3 is 0 Å². The fraction of sp³-hybridized carbons (Fsp3) is 1.00. The van der Waals surface area contributed by atoms with Crippen LogP contribution in [0.1, 0.15) is 66.7 Å². The van der Waals surface area contributed by atoms with Crippen molar-refractivity contribution in [2.45, 2.75) is 72.1 Å². The second kappa shape index (κ2) is 6.71. The Morgan fingerprint density at radius 2 is 1.64 bits per heavy atom. The van der Waals surface area contributed by atoms with Gasteiger partial charge in [-0.3, -0.25) is 0 Å². The molecule has 0 saturated carbocycles. The van der Waals surface area contributed by atoms with Gasteiger partial charge in [-0.1, -0.05) is 60.3 Å². The van der Waals surface area contributed by atoms with Gasteiger partial charge in [-0.15, -0.1) is 11.6 Å². The second-order valence-corrected chi connectivity index (χ2v) is 6.19. The van der Waals surface area contributed by atoms with E-state index in [0.29, 0.717) is 5.38 Å². The third-order valence-corrected chi connectivity index (χ3v) is 3.75. The second-order valence-electron chi connectivity index (χ2n) is 5.66. The van der Waals surface area contributed by atoms with Crippen LogP contribution in [0.2, 0.25) is 0 Å². The maximum absolute atomic E-state index is 6.32. The molecule has 0 saturated heterocycles. The molecule has 14 heavy (non-hydrogen) atoms. The summed E-state index contributed by atoms with van der Waals surface area (Å²) in [5.74, 6) is 0.879. The van der Waals surface area contributed by atoms with Crippen molar-refractivity contribution in [3.63, 3.8) is 0 Å².